The van der Waals surface area contributed by atoms with Gasteiger partial charge in [0, 0.05) is 5.69 Å². The minimum Gasteiger partial charge on any atom is -0.278 e. The van der Waals surface area contributed by atoms with Crippen LogP contribution in [0.4, 0.5) is 0 Å². The van der Waals surface area contributed by atoms with Crippen molar-refractivity contribution in [3.05, 3.63) is 103 Å². The highest BCUT2D eigenvalue weighted by Crippen LogP contribution is 2.30. The van der Waals surface area contributed by atoms with Gasteiger partial charge in [-0.25, -0.2) is 4.98 Å². The largest absolute Gasteiger partial charge is 0.278 e. The number of rotatable bonds is 2. The molecule has 3 nitrogen and oxygen atoms in total. The third-order valence-electron chi connectivity index (χ3n) is 5.59. The Balaban J connectivity index is 1.63. The first-order valence-electron chi connectivity index (χ1n) is 9.84. The molecule has 0 fully saturated rings. The molecule has 0 radical (unpaired) electrons. The van der Waals surface area contributed by atoms with E-state index in [2.05, 4.69) is 107 Å². The second-order valence-corrected chi connectivity index (χ2v) is 7.48. The maximum absolute atomic E-state index is 4.98. The number of imidazole rings is 2. The van der Waals surface area contributed by atoms with E-state index in [1.165, 1.54) is 22.2 Å². The van der Waals surface area contributed by atoms with Crippen molar-refractivity contribution >= 4 is 27.8 Å². The van der Waals surface area contributed by atoms with E-state index in [-0.39, 0.29) is 0 Å². The fourth-order valence-corrected chi connectivity index (χ4v) is 4.20. The molecule has 0 aliphatic heterocycles. The van der Waals surface area contributed by atoms with Gasteiger partial charge in [0.25, 0.3) is 0 Å². The van der Waals surface area contributed by atoms with Gasteiger partial charge in [0.15, 0.2) is 0 Å². The Hall–Kier alpha value is -3.85. The van der Waals surface area contributed by atoms with Crippen LogP contribution >= 0.6 is 0 Å². The highest BCUT2D eigenvalue weighted by Gasteiger charge is 2.16. The number of para-hydroxylation sites is 2. The van der Waals surface area contributed by atoms with Gasteiger partial charge < -0.3 is 0 Å². The number of hydrogen-bond acceptors (Lipinski definition) is 1. The molecular formula is C26H19N3. The first-order chi connectivity index (χ1) is 14.3. The predicted octanol–water partition coefficient (Wildman–Crippen LogP) is 6.41. The highest BCUT2D eigenvalue weighted by atomic mass is 15.2. The second-order valence-electron chi connectivity index (χ2n) is 7.48. The summed E-state index contributed by atoms with van der Waals surface area (Å²) in [7, 11) is 0. The van der Waals surface area contributed by atoms with Crippen molar-refractivity contribution in [3.8, 4) is 16.8 Å². The van der Waals surface area contributed by atoms with Crippen LogP contribution < -0.4 is 0 Å². The van der Waals surface area contributed by atoms with Gasteiger partial charge in [-0.3, -0.25) is 8.97 Å². The van der Waals surface area contributed by atoms with Crippen LogP contribution in [0.25, 0.3) is 44.7 Å². The second kappa shape index (κ2) is 6.08. The lowest BCUT2D eigenvalue weighted by atomic mass is 10.1. The predicted molar refractivity (Wildman–Crippen MR) is 120 cm³/mol. The molecular weight excluding hydrogens is 354 g/mol. The van der Waals surface area contributed by atoms with Crippen LogP contribution in [-0.4, -0.2) is 14.0 Å². The zero-order chi connectivity index (χ0) is 19.4. The average Bonchev–Trinajstić information content (AvgIpc) is 3.29. The van der Waals surface area contributed by atoms with Crippen LogP contribution in [0.5, 0.6) is 0 Å². The molecule has 138 valence electrons. The van der Waals surface area contributed by atoms with Crippen LogP contribution in [-0.2, 0) is 0 Å². The summed E-state index contributed by atoms with van der Waals surface area (Å²) in [5.41, 5.74) is 9.29. The molecule has 3 heteroatoms. The maximum atomic E-state index is 4.98. The summed E-state index contributed by atoms with van der Waals surface area (Å²) in [5, 5.41) is 0. The Labute approximate surface area is 168 Å². The smallest absolute Gasteiger partial charge is 0.220 e. The van der Waals surface area contributed by atoms with Gasteiger partial charge >= 0.3 is 0 Å². The molecule has 4 aromatic carbocycles. The van der Waals surface area contributed by atoms with Gasteiger partial charge in [-0.2, -0.15) is 0 Å². The van der Waals surface area contributed by atoms with Gasteiger partial charge in [-0.1, -0.05) is 60.7 Å². The molecule has 0 saturated carbocycles. The van der Waals surface area contributed by atoms with E-state index in [1.807, 2.05) is 6.07 Å². The van der Waals surface area contributed by atoms with Crippen molar-refractivity contribution in [2.45, 2.75) is 6.92 Å². The average molecular weight is 373 g/mol. The number of aromatic nitrogens is 3. The van der Waals surface area contributed by atoms with Crippen LogP contribution in [0.3, 0.4) is 0 Å². The van der Waals surface area contributed by atoms with Gasteiger partial charge in [0.05, 0.1) is 22.1 Å². The molecule has 0 spiro atoms. The van der Waals surface area contributed by atoms with Crippen LogP contribution in [0.15, 0.2) is 97.1 Å². The quantitative estimate of drug-likeness (QED) is 0.344. The third-order valence-corrected chi connectivity index (χ3v) is 5.59. The number of fused-ring (bicyclic) bond motifs is 5. The topological polar surface area (TPSA) is 22.2 Å². The Morgan fingerprint density at radius 3 is 2.10 bits per heavy atom. The molecule has 6 aromatic rings. The number of aryl methyl sites for hydroxylation is 1. The summed E-state index contributed by atoms with van der Waals surface area (Å²) in [4.78, 5) is 4.98. The molecule has 2 aromatic heterocycles. The van der Waals surface area contributed by atoms with Gasteiger partial charge in [-0.15, -0.1) is 0 Å². The molecule has 0 atom stereocenters. The lowest BCUT2D eigenvalue weighted by Gasteiger charge is -2.07. The summed E-state index contributed by atoms with van der Waals surface area (Å²) in [6.07, 6.45) is 0. The summed E-state index contributed by atoms with van der Waals surface area (Å²) in [6, 6.07) is 34.2. The first-order valence-corrected chi connectivity index (χ1v) is 9.84. The molecule has 0 aliphatic rings. The molecule has 2 heterocycles. The monoisotopic (exact) mass is 373 g/mol. The van der Waals surface area contributed by atoms with E-state index in [1.54, 1.807) is 0 Å². The highest BCUT2D eigenvalue weighted by molar-refractivity contribution is 5.92. The number of nitrogens with zero attached hydrogens (tertiary/aromatic N) is 3. The molecule has 6 rings (SSSR count). The Morgan fingerprint density at radius 1 is 0.621 bits per heavy atom. The van der Waals surface area contributed by atoms with Crippen molar-refractivity contribution < 1.29 is 0 Å². The fourth-order valence-electron chi connectivity index (χ4n) is 4.20. The Bertz CT molecular complexity index is 1490. The van der Waals surface area contributed by atoms with E-state index < -0.39 is 0 Å². The van der Waals surface area contributed by atoms with Gasteiger partial charge in [0.1, 0.15) is 0 Å². The van der Waals surface area contributed by atoms with Crippen LogP contribution in [0, 0.1) is 6.92 Å². The van der Waals surface area contributed by atoms with Crippen LogP contribution in [0.1, 0.15) is 5.56 Å². The van der Waals surface area contributed by atoms with Crippen molar-refractivity contribution in [3.63, 3.8) is 0 Å². The van der Waals surface area contributed by atoms with E-state index in [0.717, 1.165) is 28.0 Å². The normalized spacial score (nSPS) is 11.6. The van der Waals surface area contributed by atoms with Crippen LogP contribution in [0.2, 0.25) is 0 Å². The maximum Gasteiger partial charge on any atom is 0.220 e. The summed E-state index contributed by atoms with van der Waals surface area (Å²) < 4.78 is 4.52. The summed E-state index contributed by atoms with van der Waals surface area (Å²) in [6.45, 7) is 2.13. The molecule has 29 heavy (non-hydrogen) atoms. The van der Waals surface area contributed by atoms with E-state index in [9.17, 15) is 0 Å². The number of hydrogen-bond donors (Lipinski definition) is 0. The van der Waals surface area contributed by atoms with Crippen molar-refractivity contribution in [1.82, 2.24) is 14.0 Å². The van der Waals surface area contributed by atoms with Gasteiger partial charge in [0.2, 0.25) is 5.78 Å². The fraction of sp³-hybridized carbons (Fsp3) is 0.0385. The molecule has 0 unspecified atom stereocenters. The van der Waals surface area contributed by atoms with Crippen molar-refractivity contribution in [2.24, 2.45) is 0 Å². The molecule has 0 N–H and O–H groups in total. The van der Waals surface area contributed by atoms with Crippen molar-refractivity contribution in [2.75, 3.05) is 0 Å². The zero-order valence-electron chi connectivity index (χ0n) is 16.1. The Kier molecular flexibility index (Phi) is 3.38. The standard InChI is InChI=1S/C26H19N3/c1-18-11-16-22-25(17-18)29-24-10-6-5-9-23(24)28(26(29)27-22)21-14-12-20(13-15-21)19-7-3-2-4-8-19/h2-17H,1H3. The SMILES string of the molecule is Cc1ccc2nc3n(-c4ccc(-c5ccccc5)cc4)c4ccccc4n3c2c1. The van der Waals surface area contributed by atoms with E-state index >= 15 is 0 Å². The van der Waals surface area contributed by atoms with E-state index in [0.29, 0.717) is 0 Å². The minimum atomic E-state index is 0.944. The first kappa shape index (κ1) is 16.1. The number of benzene rings is 4. The summed E-state index contributed by atoms with van der Waals surface area (Å²) in [5.74, 6) is 0.944. The molecule has 0 aliphatic carbocycles. The van der Waals surface area contributed by atoms with Crippen molar-refractivity contribution in [1.29, 1.82) is 0 Å². The van der Waals surface area contributed by atoms with E-state index in [4.69, 9.17) is 4.98 Å². The lowest BCUT2D eigenvalue weighted by Crippen LogP contribution is -1.95. The minimum absolute atomic E-state index is 0.944. The third kappa shape index (κ3) is 2.41. The summed E-state index contributed by atoms with van der Waals surface area (Å²) >= 11 is 0. The lowest BCUT2D eigenvalue weighted by molar-refractivity contribution is 1.11. The molecule has 0 amide bonds. The Morgan fingerprint density at radius 2 is 1.31 bits per heavy atom. The molecule has 0 saturated heterocycles. The molecule has 0 bridgehead atoms. The zero-order valence-corrected chi connectivity index (χ0v) is 16.1. The van der Waals surface area contributed by atoms with Gasteiger partial charge in [-0.05, 0) is 60.0 Å².